The Hall–Kier alpha value is -2.21. The van der Waals surface area contributed by atoms with Gasteiger partial charge >= 0.3 is 0 Å². The van der Waals surface area contributed by atoms with Crippen molar-refractivity contribution < 1.29 is 13.2 Å². The molecule has 1 aromatic carbocycles. The summed E-state index contributed by atoms with van der Waals surface area (Å²) in [6.45, 7) is 1.09. The highest BCUT2D eigenvalue weighted by Crippen LogP contribution is 2.37. The molecule has 2 aliphatic rings. The van der Waals surface area contributed by atoms with Gasteiger partial charge in [-0.1, -0.05) is 0 Å². The molecule has 0 saturated carbocycles. The number of thiophene rings is 1. The summed E-state index contributed by atoms with van der Waals surface area (Å²) in [6, 6.07) is 8.24. The molecule has 8 heteroatoms. The van der Waals surface area contributed by atoms with E-state index >= 15 is 0 Å². The van der Waals surface area contributed by atoms with Crippen molar-refractivity contribution in [2.45, 2.75) is 43.4 Å². The van der Waals surface area contributed by atoms with E-state index < -0.39 is 10.0 Å². The average molecular weight is 416 g/mol. The maximum absolute atomic E-state index is 12.6. The Kier molecular flexibility index (Phi) is 5.23. The lowest BCUT2D eigenvalue weighted by Gasteiger charge is -2.15. The molecule has 2 heterocycles. The van der Waals surface area contributed by atoms with Gasteiger partial charge in [0.25, 0.3) is 5.91 Å². The molecule has 0 radical (unpaired) electrons. The molecule has 0 spiro atoms. The third-order valence-electron chi connectivity index (χ3n) is 5.33. The van der Waals surface area contributed by atoms with Crippen LogP contribution >= 0.6 is 11.3 Å². The molecule has 28 heavy (non-hydrogen) atoms. The van der Waals surface area contributed by atoms with Gasteiger partial charge in [-0.2, -0.15) is 9.57 Å². The summed E-state index contributed by atoms with van der Waals surface area (Å²) in [5.41, 5.74) is 2.01. The number of carbonyl (C=O) groups excluding carboxylic acids is 1. The molecule has 0 unspecified atom stereocenters. The highest BCUT2D eigenvalue weighted by atomic mass is 32.2. The number of benzene rings is 1. The Morgan fingerprint density at radius 1 is 1.07 bits per heavy atom. The van der Waals surface area contributed by atoms with Crippen molar-refractivity contribution in [2.75, 3.05) is 18.4 Å². The smallest absolute Gasteiger partial charge is 0.256 e. The van der Waals surface area contributed by atoms with Crippen LogP contribution < -0.4 is 5.32 Å². The van der Waals surface area contributed by atoms with Crippen LogP contribution in [-0.2, 0) is 22.9 Å². The van der Waals surface area contributed by atoms with Crippen LogP contribution in [0.5, 0.6) is 0 Å². The number of nitrogens with one attached hydrogen (secondary N) is 1. The van der Waals surface area contributed by atoms with Gasteiger partial charge in [0.05, 0.1) is 10.5 Å². The van der Waals surface area contributed by atoms with Gasteiger partial charge in [0, 0.05) is 23.5 Å². The normalized spacial score (nSPS) is 17.1. The van der Waals surface area contributed by atoms with Crippen LogP contribution in [0.15, 0.2) is 29.2 Å². The van der Waals surface area contributed by atoms with Crippen LogP contribution in [0.3, 0.4) is 0 Å². The number of anilines is 1. The van der Waals surface area contributed by atoms with Crippen LogP contribution in [-0.4, -0.2) is 31.7 Å². The Bertz CT molecular complexity index is 1040. The largest absolute Gasteiger partial charge is 0.312 e. The predicted molar refractivity (Wildman–Crippen MR) is 108 cm³/mol. The lowest BCUT2D eigenvalue weighted by atomic mass is 9.96. The van der Waals surface area contributed by atoms with Gasteiger partial charge in [-0.15, -0.1) is 11.3 Å². The second-order valence-corrected chi connectivity index (χ2v) is 10.2. The summed E-state index contributed by atoms with van der Waals surface area (Å²) in [4.78, 5) is 14.0. The van der Waals surface area contributed by atoms with E-state index in [0.717, 1.165) is 44.1 Å². The van der Waals surface area contributed by atoms with Gasteiger partial charge in [0.1, 0.15) is 11.1 Å². The zero-order valence-electron chi connectivity index (χ0n) is 15.4. The number of nitrogens with zero attached hydrogens (tertiary/aromatic N) is 2. The van der Waals surface area contributed by atoms with E-state index in [1.807, 2.05) is 0 Å². The van der Waals surface area contributed by atoms with Gasteiger partial charge in [0.15, 0.2) is 0 Å². The molecule has 2 aromatic rings. The van der Waals surface area contributed by atoms with Crippen LogP contribution in [0.1, 0.15) is 52.0 Å². The number of aryl methyl sites for hydroxylation is 1. The number of sulfonamides is 1. The van der Waals surface area contributed by atoms with Gasteiger partial charge < -0.3 is 5.32 Å². The first-order chi connectivity index (χ1) is 13.5. The van der Waals surface area contributed by atoms with Crippen LogP contribution in [0.25, 0.3) is 0 Å². The second kappa shape index (κ2) is 7.66. The molecular weight excluding hydrogens is 394 g/mol. The molecule has 4 rings (SSSR count). The Labute approximate surface area is 168 Å². The minimum atomic E-state index is -3.49. The third kappa shape index (κ3) is 3.46. The van der Waals surface area contributed by atoms with E-state index in [1.54, 1.807) is 0 Å². The second-order valence-electron chi connectivity index (χ2n) is 7.12. The summed E-state index contributed by atoms with van der Waals surface area (Å²) in [6.07, 6.45) is 5.77. The van der Waals surface area contributed by atoms with E-state index in [-0.39, 0.29) is 10.8 Å². The van der Waals surface area contributed by atoms with E-state index in [4.69, 9.17) is 0 Å². The lowest BCUT2D eigenvalue weighted by Crippen LogP contribution is -2.27. The third-order valence-corrected chi connectivity index (χ3v) is 8.45. The van der Waals surface area contributed by atoms with E-state index in [2.05, 4.69) is 11.4 Å². The number of nitriles is 1. The number of fused-ring (bicyclic) bond motifs is 1. The summed E-state index contributed by atoms with van der Waals surface area (Å²) in [7, 11) is -3.49. The van der Waals surface area contributed by atoms with E-state index in [9.17, 15) is 18.5 Å². The maximum atomic E-state index is 12.6. The summed E-state index contributed by atoms with van der Waals surface area (Å²) in [5, 5.41) is 12.9. The van der Waals surface area contributed by atoms with Crippen molar-refractivity contribution >= 4 is 32.3 Å². The number of amides is 1. The highest BCUT2D eigenvalue weighted by Gasteiger charge is 2.27. The quantitative estimate of drug-likeness (QED) is 0.827. The zero-order chi connectivity index (χ0) is 19.7. The molecule has 0 atom stereocenters. The predicted octanol–water partition coefficient (Wildman–Crippen LogP) is 3.54. The van der Waals surface area contributed by atoms with Crippen LogP contribution in [0.4, 0.5) is 5.00 Å². The molecule has 1 amide bonds. The standard InChI is InChI=1S/C20H21N3O3S2/c21-13-17-16-5-1-2-6-18(16)27-20(17)22-19(24)14-7-9-15(10-8-14)28(25,26)23-11-3-4-12-23/h7-10H,1-6,11-12H2,(H,22,24). The molecule has 6 nitrogen and oxygen atoms in total. The first-order valence-corrected chi connectivity index (χ1v) is 11.7. The van der Waals surface area contributed by atoms with Gasteiger partial charge in [-0.05, 0) is 68.4 Å². The Balaban J connectivity index is 1.53. The topological polar surface area (TPSA) is 90.3 Å². The SMILES string of the molecule is N#Cc1c(NC(=O)c2ccc(S(=O)(=O)N3CCCC3)cc2)sc2c1CCCC2. The maximum Gasteiger partial charge on any atom is 0.256 e. The number of hydrogen-bond donors (Lipinski definition) is 1. The fourth-order valence-electron chi connectivity index (χ4n) is 3.80. The van der Waals surface area contributed by atoms with Crippen molar-refractivity contribution in [3.05, 3.63) is 45.8 Å². The Morgan fingerprint density at radius 3 is 2.43 bits per heavy atom. The van der Waals surface area contributed by atoms with Crippen molar-refractivity contribution in [1.82, 2.24) is 4.31 Å². The molecule has 0 bridgehead atoms. The summed E-state index contributed by atoms with van der Waals surface area (Å²) >= 11 is 1.48. The van der Waals surface area contributed by atoms with Gasteiger partial charge in [-0.25, -0.2) is 8.42 Å². The zero-order valence-corrected chi connectivity index (χ0v) is 17.0. The van der Waals surface area contributed by atoms with E-state index in [1.165, 1.54) is 44.8 Å². The number of hydrogen-bond acceptors (Lipinski definition) is 5. The molecule has 1 aromatic heterocycles. The van der Waals surface area contributed by atoms with Crippen molar-refractivity contribution in [1.29, 1.82) is 5.26 Å². The van der Waals surface area contributed by atoms with Crippen molar-refractivity contribution in [3.8, 4) is 6.07 Å². The fourth-order valence-corrected chi connectivity index (χ4v) is 6.56. The van der Waals surface area contributed by atoms with Crippen LogP contribution in [0.2, 0.25) is 0 Å². The molecule has 1 aliphatic heterocycles. The van der Waals surface area contributed by atoms with Crippen molar-refractivity contribution in [2.24, 2.45) is 0 Å². The number of rotatable bonds is 4. The highest BCUT2D eigenvalue weighted by molar-refractivity contribution is 7.89. The van der Waals surface area contributed by atoms with Gasteiger partial charge in [-0.3, -0.25) is 4.79 Å². The first-order valence-electron chi connectivity index (χ1n) is 9.47. The molecule has 146 valence electrons. The minimum absolute atomic E-state index is 0.204. The Morgan fingerprint density at radius 2 is 1.75 bits per heavy atom. The first kappa shape index (κ1) is 19.1. The average Bonchev–Trinajstić information content (AvgIpc) is 3.36. The van der Waals surface area contributed by atoms with Gasteiger partial charge in [0.2, 0.25) is 10.0 Å². The van der Waals surface area contributed by atoms with E-state index in [0.29, 0.717) is 29.2 Å². The lowest BCUT2D eigenvalue weighted by molar-refractivity contribution is 0.102. The molecule has 1 saturated heterocycles. The fraction of sp³-hybridized carbons (Fsp3) is 0.400. The molecule has 1 N–H and O–H groups in total. The monoisotopic (exact) mass is 415 g/mol. The number of carbonyl (C=O) groups is 1. The molecular formula is C20H21N3O3S2. The van der Waals surface area contributed by atoms with Crippen LogP contribution in [0, 0.1) is 11.3 Å². The molecule has 1 fully saturated rings. The minimum Gasteiger partial charge on any atom is -0.312 e. The summed E-state index contributed by atoms with van der Waals surface area (Å²) < 4.78 is 26.7. The summed E-state index contributed by atoms with van der Waals surface area (Å²) in [5.74, 6) is -0.333. The molecule has 1 aliphatic carbocycles. The van der Waals surface area contributed by atoms with Crippen molar-refractivity contribution in [3.63, 3.8) is 0 Å².